The molecule has 1 saturated carbocycles. The quantitative estimate of drug-likeness (QED) is 0.867. The van der Waals surface area contributed by atoms with Gasteiger partial charge in [-0.05, 0) is 31.2 Å². The molecule has 1 aliphatic rings. The predicted molar refractivity (Wildman–Crippen MR) is 82.4 cm³/mol. The van der Waals surface area contributed by atoms with Gasteiger partial charge in [0.15, 0.2) is 0 Å². The van der Waals surface area contributed by atoms with Gasteiger partial charge in [0.25, 0.3) is 0 Å². The average Bonchev–Trinajstić information content (AvgIpc) is 2.45. The predicted octanol–water partition coefficient (Wildman–Crippen LogP) is 2.56. The van der Waals surface area contributed by atoms with Gasteiger partial charge in [0.05, 0.1) is 6.42 Å². The Labute approximate surface area is 121 Å². The van der Waals surface area contributed by atoms with Crippen molar-refractivity contribution in [1.29, 1.82) is 0 Å². The summed E-state index contributed by atoms with van der Waals surface area (Å²) in [5, 5.41) is 3.14. The number of carbonyl (C=O) groups is 1. The summed E-state index contributed by atoms with van der Waals surface area (Å²) in [5.41, 5.74) is 8.12. The third kappa shape index (κ3) is 4.34. The minimum absolute atomic E-state index is 0.0941. The highest BCUT2D eigenvalue weighted by Crippen LogP contribution is 2.26. The molecule has 1 atom stereocenters. The number of aryl methyl sites for hydroxylation is 1. The molecule has 1 aromatic rings. The summed E-state index contributed by atoms with van der Waals surface area (Å²) in [7, 11) is 0. The maximum absolute atomic E-state index is 12.2. The Morgan fingerprint density at radius 1 is 1.35 bits per heavy atom. The van der Waals surface area contributed by atoms with Crippen LogP contribution in [0.25, 0.3) is 0 Å². The molecule has 1 unspecified atom stereocenters. The zero-order chi connectivity index (χ0) is 14.4. The fraction of sp³-hybridized carbons (Fsp3) is 0.588. The first kappa shape index (κ1) is 15.0. The zero-order valence-corrected chi connectivity index (χ0v) is 12.4. The molecule has 3 heteroatoms. The van der Waals surface area contributed by atoms with Crippen molar-refractivity contribution in [3.8, 4) is 0 Å². The first-order valence-corrected chi connectivity index (χ1v) is 7.74. The minimum atomic E-state index is 0.0941. The van der Waals surface area contributed by atoms with E-state index in [0.717, 1.165) is 5.56 Å². The Bertz CT molecular complexity index is 438. The van der Waals surface area contributed by atoms with E-state index in [1.807, 2.05) is 25.1 Å². The van der Waals surface area contributed by atoms with E-state index in [1.54, 1.807) is 0 Å². The van der Waals surface area contributed by atoms with E-state index in [4.69, 9.17) is 5.73 Å². The lowest BCUT2D eigenvalue weighted by atomic mass is 9.84. The summed E-state index contributed by atoms with van der Waals surface area (Å²) in [6, 6.07) is 8.26. The summed E-state index contributed by atoms with van der Waals surface area (Å²) < 4.78 is 0. The summed E-state index contributed by atoms with van der Waals surface area (Å²) in [4.78, 5) is 12.2. The van der Waals surface area contributed by atoms with E-state index in [-0.39, 0.29) is 11.9 Å². The van der Waals surface area contributed by atoms with Crippen molar-refractivity contribution in [2.24, 2.45) is 11.7 Å². The first-order chi connectivity index (χ1) is 9.69. The molecule has 1 fully saturated rings. The molecule has 0 aromatic heterocycles. The zero-order valence-electron chi connectivity index (χ0n) is 12.4. The van der Waals surface area contributed by atoms with Gasteiger partial charge in [-0.25, -0.2) is 0 Å². The van der Waals surface area contributed by atoms with Crippen LogP contribution >= 0.6 is 0 Å². The van der Waals surface area contributed by atoms with Crippen LogP contribution in [0.15, 0.2) is 24.3 Å². The SMILES string of the molecule is Cc1cccc(CC(=O)NC(CN)C2CCCCC2)c1. The number of hydrogen-bond acceptors (Lipinski definition) is 2. The van der Waals surface area contributed by atoms with E-state index >= 15 is 0 Å². The van der Waals surface area contributed by atoms with Crippen LogP contribution < -0.4 is 11.1 Å². The molecule has 0 aliphatic heterocycles. The van der Waals surface area contributed by atoms with E-state index < -0.39 is 0 Å². The summed E-state index contributed by atoms with van der Waals surface area (Å²) in [6.07, 6.45) is 6.72. The van der Waals surface area contributed by atoms with Crippen molar-refractivity contribution in [2.75, 3.05) is 6.54 Å². The third-order valence-corrected chi connectivity index (χ3v) is 4.27. The molecular formula is C17H26N2O. The maximum Gasteiger partial charge on any atom is 0.224 e. The second kappa shape index (κ2) is 7.44. The Balaban J connectivity index is 1.88. The van der Waals surface area contributed by atoms with Crippen LogP contribution in [0, 0.1) is 12.8 Å². The summed E-state index contributed by atoms with van der Waals surface area (Å²) in [5.74, 6) is 0.659. The third-order valence-electron chi connectivity index (χ3n) is 4.27. The van der Waals surface area contributed by atoms with Crippen molar-refractivity contribution in [2.45, 2.75) is 51.5 Å². The lowest BCUT2D eigenvalue weighted by Gasteiger charge is -2.30. The first-order valence-electron chi connectivity index (χ1n) is 7.74. The smallest absolute Gasteiger partial charge is 0.224 e. The molecule has 1 amide bonds. The number of nitrogens with one attached hydrogen (secondary N) is 1. The highest BCUT2D eigenvalue weighted by atomic mass is 16.1. The molecule has 0 radical (unpaired) electrons. The summed E-state index contributed by atoms with van der Waals surface area (Å²) in [6.45, 7) is 2.59. The molecular weight excluding hydrogens is 248 g/mol. The lowest BCUT2D eigenvalue weighted by molar-refractivity contribution is -0.121. The van der Waals surface area contributed by atoms with Crippen LogP contribution in [0.2, 0.25) is 0 Å². The van der Waals surface area contributed by atoms with Crippen LogP contribution in [0.1, 0.15) is 43.2 Å². The average molecular weight is 274 g/mol. The maximum atomic E-state index is 12.2. The molecule has 0 heterocycles. The highest BCUT2D eigenvalue weighted by molar-refractivity contribution is 5.79. The van der Waals surface area contributed by atoms with E-state index in [2.05, 4.69) is 11.4 Å². The van der Waals surface area contributed by atoms with E-state index in [9.17, 15) is 4.79 Å². The molecule has 3 N–H and O–H groups in total. The van der Waals surface area contributed by atoms with Gasteiger partial charge < -0.3 is 11.1 Å². The van der Waals surface area contributed by atoms with E-state index in [1.165, 1.54) is 37.7 Å². The fourth-order valence-electron chi connectivity index (χ4n) is 3.17. The Kier molecular flexibility index (Phi) is 5.60. The van der Waals surface area contributed by atoms with Crippen LogP contribution in [0.3, 0.4) is 0 Å². The van der Waals surface area contributed by atoms with Gasteiger partial charge in [-0.1, -0.05) is 49.1 Å². The van der Waals surface area contributed by atoms with Crippen molar-refractivity contribution < 1.29 is 4.79 Å². The summed E-state index contributed by atoms with van der Waals surface area (Å²) >= 11 is 0. The van der Waals surface area contributed by atoms with Crippen molar-refractivity contribution >= 4 is 5.91 Å². The molecule has 110 valence electrons. The molecule has 3 nitrogen and oxygen atoms in total. The number of benzene rings is 1. The van der Waals surface area contributed by atoms with Gasteiger partial charge in [0, 0.05) is 12.6 Å². The molecule has 1 aliphatic carbocycles. The van der Waals surface area contributed by atoms with Gasteiger partial charge in [-0.2, -0.15) is 0 Å². The Morgan fingerprint density at radius 2 is 2.10 bits per heavy atom. The Hall–Kier alpha value is -1.35. The van der Waals surface area contributed by atoms with Gasteiger partial charge in [-0.15, -0.1) is 0 Å². The van der Waals surface area contributed by atoms with Crippen molar-refractivity contribution in [3.05, 3.63) is 35.4 Å². The van der Waals surface area contributed by atoms with Crippen LogP contribution in [0.5, 0.6) is 0 Å². The molecule has 0 spiro atoms. The lowest BCUT2D eigenvalue weighted by Crippen LogP contribution is -2.46. The molecule has 20 heavy (non-hydrogen) atoms. The molecule has 2 rings (SSSR count). The number of carbonyl (C=O) groups excluding carboxylic acids is 1. The van der Waals surface area contributed by atoms with Gasteiger partial charge >= 0.3 is 0 Å². The monoisotopic (exact) mass is 274 g/mol. The van der Waals surface area contributed by atoms with Crippen molar-refractivity contribution in [1.82, 2.24) is 5.32 Å². The van der Waals surface area contributed by atoms with Crippen LogP contribution in [0.4, 0.5) is 0 Å². The number of hydrogen-bond donors (Lipinski definition) is 2. The number of rotatable bonds is 5. The normalized spacial score (nSPS) is 17.7. The van der Waals surface area contributed by atoms with Gasteiger partial charge in [0.1, 0.15) is 0 Å². The van der Waals surface area contributed by atoms with Crippen LogP contribution in [-0.2, 0) is 11.2 Å². The Morgan fingerprint density at radius 3 is 2.75 bits per heavy atom. The van der Waals surface area contributed by atoms with E-state index in [0.29, 0.717) is 18.9 Å². The van der Waals surface area contributed by atoms with Gasteiger partial charge in [-0.3, -0.25) is 4.79 Å². The molecule has 0 bridgehead atoms. The number of nitrogens with two attached hydrogens (primary N) is 1. The molecule has 1 aromatic carbocycles. The van der Waals surface area contributed by atoms with Gasteiger partial charge in [0.2, 0.25) is 5.91 Å². The minimum Gasteiger partial charge on any atom is -0.352 e. The van der Waals surface area contributed by atoms with Crippen molar-refractivity contribution in [3.63, 3.8) is 0 Å². The van der Waals surface area contributed by atoms with Crippen LogP contribution in [-0.4, -0.2) is 18.5 Å². The largest absolute Gasteiger partial charge is 0.352 e. The second-order valence-corrected chi connectivity index (χ2v) is 5.97. The second-order valence-electron chi connectivity index (χ2n) is 5.97. The standard InChI is InChI=1S/C17H26N2O/c1-13-6-5-7-14(10-13)11-17(20)19-16(12-18)15-8-3-2-4-9-15/h5-7,10,15-16H,2-4,8-9,11-12,18H2,1H3,(H,19,20). The number of amides is 1. The highest BCUT2D eigenvalue weighted by Gasteiger charge is 2.23. The fourth-order valence-corrected chi connectivity index (χ4v) is 3.17. The molecule has 0 saturated heterocycles. The topological polar surface area (TPSA) is 55.1 Å².